The fourth-order valence-electron chi connectivity index (χ4n) is 4.15. The molecule has 3 heterocycles. The second kappa shape index (κ2) is 10.4. The normalized spacial score (nSPS) is 11.1. The van der Waals surface area contributed by atoms with E-state index in [0.29, 0.717) is 24.6 Å². The van der Waals surface area contributed by atoms with E-state index in [1.165, 1.54) is 7.11 Å². The molecule has 3 aromatic heterocycles. The largest absolute Gasteiger partial charge is 0.515 e. The van der Waals surface area contributed by atoms with E-state index in [1.54, 1.807) is 0 Å². The smallest absolute Gasteiger partial charge is 0.437 e. The van der Waals surface area contributed by atoms with E-state index in [1.807, 2.05) is 53.1 Å². The summed E-state index contributed by atoms with van der Waals surface area (Å²) in [5.41, 5.74) is 3.86. The molecular formula is C25H24N8O4. The molecular weight excluding hydrogens is 476 g/mol. The van der Waals surface area contributed by atoms with Gasteiger partial charge in [-0.25, -0.2) is 14.9 Å². The van der Waals surface area contributed by atoms with Gasteiger partial charge >= 0.3 is 6.16 Å². The number of imidazole rings is 1. The zero-order chi connectivity index (χ0) is 25.8. The molecule has 0 saturated heterocycles. The number of benzene rings is 2. The van der Waals surface area contributed by atoms with Gasteiger partial charge in [0, 0.05) is 18.5 Å². The fourth-order valence-corrected chi connectivity index (χ4v) is 4.15. The van der Waals surface area contributed by atoms with Gasteiger partial charge in [0.2, 0.25) is 5.82 Å². The van der Waals surface area contributed by atoms with E-state index >= 15 is 0 Å². The summed E-state index contributed by atoms with van der Waals surface area (Å²) in [6.07, 6.45) is 1.55. The fraction of sp³-hybridized carbons (Fsp3) is 0.240. The number of hydrogen-bond donors (Lipinski definition) is 2. The number of tetrazole rings is 1. The highest BCUT2D eigenvalue weighted by Crippen LogP contribution is 2.30. The average molecular weight is 501 g/mol. The maximum absolute atomic E-state index is 12.8. The number of nitrogens with zero attached hydrogens (tertiary/aromatic N) is 6. The third kappa shape index (κ3) is 4.81. The van der Waals surface area contributed by atoms with Crippen molar-refractivity contribution in [2.75, 3.05) is 7.11 Å². The minimum atomic E-state index is -0.942. The Morgan fingerprint density at radius 3 is 2.54 bits per heavy atom. The van der Waals surface area contributed by atoms with Crippen LogP contribution in [0.1, 0.15) is 31.2 Å². The number of H-pyrrole nitrogens is 2. The van der Waals surface area contributed by atoms with Gasteiger partial charge < -0.3 is 14.0 Å². The molecule has 0 atom stereocenters. The SMILES string of the molecule is CCCCc1nc2c(OC(=O)OC)n[nH]c(=O)c2n1Cc1ccc(-c2ccccc2-c2nn[nH]n2)cc1. The highest BCUT2D eigenvalue weighted by molar-refractivity contribution is 5.82. The number of carbonyl (C=O) groups excluding carboxylic acids is 1. The van der Waals surface area contributed by atoms with E-state index in [0.717, 1.165) is 35.1 Å². The van der Waals surface area contributed by atoms with Crippen LogP contribution >= 0.6 is 0 Å². The van der Waals surface area contributed by atoms with Gasteiger partial charge in [0.1, 0.15) is 11.3 Å². The molecule has 0 fully saturated rings. The van der Waals surface area contributed by atoms with Crippen LogP contribution in [-0.4, -0.2) is 53.6 Å². The van der Waals surface area contributed by atoms with Gasteiger partial charge in [0.25, 0.3) is 11.4 Å². The van der Waals surface area contributed by atoms with Crippen molar-refractivity contribution >= 4 is 17.2 Å². The third-order valence-corrected chi connectivity index (χ3v) is 5.94. The maximum atomic E-state index is 12.8. The summed E-state index contributed by atoms with van der Waals surface area (Å²) in [7, 11) is 1.20. The molecule has 2 N–H and O–H groups in total. The molecule has 12 nitrogen and oxygen atoms in total. The highest BCUT2D eigenvalue weighted by Gasteiger charge is 2.21. The predicted octanol–water partition coefficient (Wildman–Crippen LogP) is 3.50. The van der Waals surface area contributed by atoms with Gasteiger partial charge in [-0.15, -0.1) is 15.3 Å². The van der Waals surface area contributed by atoms with Gasteiger partial charge in [0.15, 0.2) is 5.52 Å². The molecule has 5 aromatic rings. The number of nitrogens with one attached hydrogen (secondary N) is 2. The second-order valence-electron chi connectivity index (χ2n) is 8.31. The highest BCUT2D eigenvalue weighted by atomic mass is 16.7. The van der Waals surface area contributed by atoms with Crippen LogP contribution in [0, 0.1) is 0 Å². The van der Waals surface area contributed by atoms with Crippen LogP contribution in [0.4, 0.5) is 4.79 Å². The monoisotopic (exact) mass is 500 g/mol. The molecule has 0 aliphatic carbocycles. The van der Waals surface area contributed by atoms with Crippen molar-refractivity contribution in [1.29, 1.82) is 0 Å². The van der Waals surface area contributed by atoms with Crippen LogP contribution in [0.5, 0.6) is 5.88 Å². The lowest BCUT2D eigenvalue weighted by Crippen LogP contribution is -2.17. The van der Waals surface area contributed by atoms with E-state index in [2.05, 4.69) is 47.5 Å². The Kier molecular flexibility index (Phi) is 6.70. The number of rotatable bonds is 8. The number of aryl methyl sites for hydroxylation is 1. The Balaban J connectivity index is 1.52. The van der Waals surface area contributed by atoms with Crippen LogP contribution in [0.15, 0.2) is 53.3 Å². The van der Waals surface area contributed by atoms with Gasteiger partial charge in [-0.2, -0.15) is 5.21 Å². The molecule has 0 saturated carbocycles. The standard InChI is InChI=1S/C25H24N8O4/c1-3-4-9-19-26-20-21(23(34)29-30-24(20)37-25(35)36-2)33(19)14-15-10-12-16(13-11-15)17-7-5-6-8-18(17)22-27-31-32-28-22/h5-8,10-13H,3-4,9,14H2,1-2H3,(H,29,34)(H,27,28,31,32). The van der Waals surface area contributed by atoms with Crippen molar-refractivity contribution in [2.24, 2.45) is 0 Å². The molecule has 2 aromatic carbocycles. The molecule has 188 valence electrons. The van der Waals surface area contributed by atoms with Crippen molar-refractivity contribution in [1.82, 2.24) is 40.4 Å². The quantitative estimate of drug-likeness (QED) is 0.305. The Morgan fingerprint density at radius 2 is 1.84 bits per heavy atom. The summed E-state index contributed by atoms with van der Waals surface area (Å²) in [6.45, 7) is 2.48. The lowest BCUT2D eigenvalue weighted by Gasteiger charge is -2.11. The summed E-state index contributed by atoms with van der Waals surface area (Å²) in [6, 6.07) is 15.8. The molecule has 0 spiro atoms. The number of aromatic amines is 2. The van der Waals surface area contributed by atoms with Crippen LogP contribution in [0.3, 0.4) is 0 Å². The number of fused-ring (bicyclic) bond motifs is 1. The molecule has 5 rings (SSSR count). The molecule has 0 radical (unpaired) electrons. The lowest BCUT2D eigenvalue weighted by atomic mass is 9.98. The molecule has 0 unspecified atom stereocenters. The zero-order valence-electron chi connectivity index (χ0n) is 20.3. The third-order valence-electron chi connectivity index (χ3n) is 5.94. The van der Waals surface area contributed by atoms with Crippen molar-refractivity contribution in [3.8, 4) is 28.4 Å². The molecule has 0 aliphatic heterocycles. The van der Waals surface area contributed by atoms with Crippen LogP contribution < -0.4 is 10.3 Å². The Morgan fingerprint density at radius 1 is 1.05 bits per heavy atom. The first kappa shape index (κ1) is 23.9. The molecule has 0 bridgehead atoms. The molecule has 37 heavy (non-hydrogen) atoms. The Bertz CT molecular complexity index is 1590. The van der Waals surface area contributed by atoms with E-state index in [9.17, 15) is 9.59 Å². The average Bonchev–Trinajstić information content (AvgIpc) is 3.59. The van der Waals surface area contributed by atoms with E-state index in [-0.39, 0.29) is 16.9 Å². The van der Waals surface area contributed by atoms with Gasteiger partial charge in [-0.05, 0) is 28.3 Å². The van der Waals surface area contributed by atoms with Crippen LogP contribution in [0.25, 0.3) is 33.5 Å². The van der Waals surface area contributed by atoms with Gasteiger partial charge in [0.05, 0.1) is 7.11 Å². The summed E-state index contributed by atoms with van der Waals surface area (Å²) < 4.78 is 11.5. The maximum Gasteiger partial charge on any atom is 0.515 e. The lowest BCUT2D eigenvalue weighted by molar-refractivity contribution is 0.120. The van der Waals surface area contributed by atoms with Gasteiger partial charge in [-0.1, -0.05) is 61.9 Å². The summed E-state index contributed by atoms with van der Waals surface area (Å²) in [4.78, 5) is 29.1. The summed E-state index contributed by atoms with van der Waals surface area (Å²) >= 11 is 0. The van der Waals surface area contributed by atoms with Crippen LogP contribution in [-0.2, 0) is 17.7 Å². The first-order valence-electron chi connectivity index (χ1n) is 11.7. The van der Waals surface area contributed by atoms with Gasteiger partial charge in [-0.3, -0.25) is 4.79 Å². The van der Waals surface area contributed by atoms with Crippen LogP contribution in [0.2, 0.25) is 0 Å². The van der Waals surface area contributed by atoms with Crippen molar-refractivity contribution in [3.05, 3.63) is 70.3 Å². The van der Waals surface area contributed by atoms with Crippen molar-refractivity contribution < 1.29 is 14.3 Å². The van der Waals surface area contributed by atoms with E-state index < -0.39 is 11.7 Å². The topological polar surface area (TPSA) is 154 Å². The predicted molar refractivity (Wildman–Crippen MR) is 134 cm³/mol. The number of carbonyl (C=O) groups is 1. The molecule has 12 heteroatoms. The number of aromatic nitrogens is 8. The summed E-state index contributed by atoms with van der Waals surface area (Å²) in [5, 5.41) is 20.6. The summed E-state index contributed by atoms with van der Waals surface area (Å²) in [5.74, 6) is 1.12. The Hall–Kier alpha value is -4.87. The number of hydrogen-bond acceptors (Lipinski definition) is 9. The first-order chi connectivity index (χ1) is 18.1. The molecule has 0 aliphatic rings. The van der Waals surface area contributed by atoms with Crippen molar-refractivity contribution in [2.45, 2.75) is 32.7 Å². The number of methoxy groups -OCH3 is 1. The minimum absolute atomic E-state index is 0.105. The second-order valence-corrected chi connectivity index (χ2v) is 8.31. The first-order valence-corrected chi connectivity index (χ1v) is 11.7. The van der Waals surface area contributed by atoms with Crippen molar-refractivity contribution in [3.63, 3.8) is 0 Å². The zero-order valence-corrected chi connectivity index (χ0v) is 20.3. The number of unbranched alkanes of at least 4 members (excludes halogenated alkanes) is 1. The number of ether oxygens (including phenoxy) is 2. The minimum Gasteiger partial charge on any atom is -0.437 e. The Labute approximate surface area is 210 Å². The molecule has 0 amide bonds. The van der Waals surface area contributed by atoms with E-state index in [4.69, 9.17) is 4.74 Å².